The Morgan fingerprint density at radius 3 is 2.31 bits per heavy atom. The molecule has 0 atom stereocenters. The number of esters is 1. The molecule has 0 fully saturated rings. The maximum atomic E-state index is 13.8. The number of hydrogen-bond acceptors (Lipinski definition) is 3. The fraction of sp³-hybridized carbons (Fsp3) is 0.158. The van der Waals surface area contributed by atoms with Crippen LogP contribution in [0.15, 0.2) is 54.2 Å². The molecular formula is C19H16F3NO3. The Labute approximate surface area is 148 Å². The largest absolute Gasteiger partial charge is 0.466 e. The van der Waals surface area contributed by atoms with Crippen molar-refractivity contribution >= 4 is 11.9 Å². The molecule has 2 aromatic rings. The Balaban J connectivity index is 2.19. The lowest BCUT2D eigenvalue weighted by Crippen LogP contribution is -2.26. The summed E-state index contributed by atoms with van der Waals surface area (Å²) in [4.78, 5) is 23.6. The molecule has 0 saturated carbocycles. The van der Waals surface area contributed by atoms with Crippen LogP contribution < -0.4 is 5.32 Å². The van der Waals surface area contributed by atoms with Crippen molar-refractivity contribution in [3.05, 3.63) is 82.8 Å². The third kappa shape index (κ3) is 5.47. The smallest absolute Gasteiger partial charge is 0.332 e. The van der Waals surface area contributed by atoms with Gasteiger partial charge in [0.1, 0.15) is 5.82 Å². The van der Waals surface area contributed by atoms with E-state index in [0.717, 1.165) is 18.7 Å². The lowest BCUT2D eigenvalue weighted by molar-refractivity contribution is -0.134. The SMILES string of the molecule is COC(=O)/C=C(/Cc1cc(F)c(F)cc1F)NC(=O)Cc1ccccc1. The summed E-state index contributed by atoms with van der Waals surface area (Å²) in [6.07, 6.45) is 0.669. The van der Waals surface area contributed by atoms with E-state index in [2.05, 4.69) is 10.1 Å². The van der Waals surface area contributed by atoms with Gasteiger partial charge < -0.3 is 10.1 Å². The molecule has 1 N–H and O–H groups in total. The van der Waals surface area contributed by atoms with Crippen LogP contribution in [0.3, 0.4) is 0 Å². The normalized spacial score (nSPS) is 11.2. The van der Waals surface area contributed by atoms with Crippen LogP contribution in [-0.2, 0) is 27.2 Å². The summed E-state index contributed by atoms with van der Waals surface area (Å²) < 4.78 is 44.7. The molecule has 136 valence electrons. The molecule has 0 bridgehead atoms. The summed E-state index contributed by atoms with van der Waals surface area (Å²) >= 11 is 0. The maximum Gasteiger partial charge on any atom is 0.332 e. The maximum absolute atomic E-state index is 13.8. The summed E-state index contributed by atoms with van der Waals surface area (Å²) in [6.45, 7) is 0. The fourth-order valence-electron chi connectivity index (χ4n) is 2.24. The van der Waals surface area contributed by atoms with Crippen LogP contribution >= 0.6 is 0 Å². The van der Waals surface area contributed by atoms with Crippen molar-refractivity contribution < 1.29 is 27.5 Å². The van der Waals surface area contributed by atoms with Gasteiger partial charge in [0.25, 0.3) is 0 Å². The van der Waals surface area contributed by atoms with Crippen molar-refractivity contribution in [2.24, 2.45) is 0 Å². The second-order valence-electron chi connectivity index (χ2n) is 5.44. The first-order chi connectivity index (χ1) is 12.4. The van der Waals surface area contributed by atoms with E-state index in [9.17, 15) is 22.8 Å². The van der Waals surface area contributed by atoms with E-state index in [1.165, 1.54) is 0 Å². The topological polar surface area (TPSA) is 55.4 Å². The number of hydrogen-bond donors (Lipinski definition) is 1. The molecular weight excluding hydrogens is 347 g/mol. The van der Waals surface area contributed by atoms with Crippen LogP contribution in [0, 0.1) is 17.5 Å². The van der Waals surface area contributed by atoms with Crippen molar-refractivity contribution in [1.82, 2.24) is 5.32 Å². The van der Waals surface area contributed by atoms with Gasteiger partial charge in [0.15, 0.2) is 11.6 Å². The third-order valence-corrected chi connectivity index (χ3v) is 3.47. The van der Waals surface area contributed by atoms with Crippen LogP contribution in [0.25, 0.3) is 0 Å². The van der Waals surface area contributed by atoms with Gasteiger partial charge in [-0.1, -0.05) is 30.3 Å². The van der Waals surface area contributed by atoms with Crippen LogP contribution in [0.1, 0.15) is 11.1 Å². The molecule has 0 unspecified atom stereocenters. The lowest BCUT2D eigenvalue weighted by atomic mass is 10.1. The predicted molar refractivity (Wildman–Crippen MR) is 88.4 cm³/mol. The average Bonchev–Trinajstić information content (AvgIpc) is 2.60. The first-order valence-corrected chi connectivity index (χ1v) is 7.64. The molecule has 4 nitrogen and oxygen atoms in total. The van der Waals surface area contributed by atoms with Gasteiger partial charge in [0, 0.05) is 24.3 Å². The predicted octanol–water partition coefficient (Wildman–Crippen LogP) is 3.06. The van der Waals surface area contributed by atoms with Crippen LogP contribution in [0.4, 0.5) is 13.2 Å². The molecule has 7 heteroatoms. The first-order valence-electron chi connectivity index (χ1n) is 7.64. The molecule has 0 aliphatic rings. The molecule has 2 aromatic carbocycles. The van der Waals surface area contributed by atoms with Gasteiger partial charge >= 0.3 is 5.97 Å². The van der Waals surface area contributed by atoms with Crippen LogP contribution in [0.5, 0.6) is 0 Å². The van der Waals surface area contributed by atoms with Gasteiger partial charge in [0.2, 0.25) is 5.91 Å². The van der Waals surface area contributed by atoms with Gasteiger partial charge in [-0.15, -0.1) is 0 Å². The molecule has 0 aliphatic carbocycles. The van der Waals surface area contributed by atoms with E-state index < -0.39 is 29.3 Å². The van der Waals surface area contributed by atoms with Crippen molar-refractivity contribution in [1.29, 1.82) is 0 Å². The standard InChI is InChI=1S/C19H16F3NO3/c1-26-19(25)10-14(8-13-9-16(21)17(22)11-15(13)20)23-18(24)7-12-5-3-2-4-6-12/h2-6,9-11H,7-8H2,1H3,(H,23,24)/b14-10-. The number of amides is 1. The quantitative estimate of drug-likeness (QED) is 0.488. The number of nitrogens with one attached hydrogen (secondary N) is 1. The Hall–Kier alpha value is -3.09. The number of methoxy groups -OCH3 is 1. The summed E-state index contributed by atoms with van der Waals surface area (Å²) in [7, 11) is 1.14. The Morgan fingerprint density at radius 1 is 1.00 bits per heavy atom. The third-order valence-electron chi connectivity index (χ3n) is 3.47. The number of carbonyl (C=O) groups is 2. The Kier molecular flexibility index (Phi) is 6.54. The number of halogens is 3. The molecule has 26 heavy (non-hydrogen) atoms. The highest BCUT2D eigenvalue weighted by molar-refractivity contribution is 5.85. The van der Waals surface area contributed by atoms with E-state index in [-0.39, 0.29) is 24.1 Å². The number of allylic oxidation sites excluding steroid dienone is 1. The van der Waals surface area contributed by atoms with E-state index in [1.54, 1.807) is 30.3 Å². The number of rotatable bonds is 6. The first kappa shape index (κ1) is 19.2. The summed E-state index contributed by atoms with van der Waals surface area (Å²) in [5.41, 5.74) is 0.531. The minimum absolute atomic E-state index is 0.00249. The molecule has 1 amide bonds. The molecule has 0 spiro atoms. The molecule has 2 rings (SSSR count). The molecule has 0 heterocycles. The summed E-state index contributed by atoms with van der Waals surface area (Å²) in [6, 6.07) is 9.92. The van der Waals surface area contributed by atoms with Gasteiger partial charge in [-0.2, -0.15) is 0 Å². The van der Waals surface area contributed by atoms with Crippen LogP contribution in [0.2, 0.25) is 0 Å². The van der Waals surface area contributed by atoms with Crippen molar-refractivity contribution in [3.63, 3.8) is 0 Å². The van der Waals surface area contributed by atoms with Crippen molar-refractivity contribution in [2.75, 3.05) is 7.11 Å². The van der Waals surface area contributed by atoms with E-state index in [1.807, 2.05) is 0 Å². The van der Waals surface area contributed by atoms with Gasteiger partial charge in [-0.05, 0) is 17.2 Å². The minimum atomic E-state index is -1.32. The zero-order valence-corrected chi connectivity index (χ0v) is 13.9. The zero-order valence-electron chi connectivity index (χ0n) is 13.9. The zero-order chi connectivity index (χ0) is 19.1. The number of ether oxygens (including phenoxy) is 1. The van der Waals surface area contributed by atoms with E-state index in [4.69, 9.17) is 0 Å². The second kappa shape index (κ2) is 8.84. The monoisotopic (exact) mass is 363 g/mol. The fourth-order valence-corrected chi connectivity index (χ4v) is 2.24. The molecule has 0 saturated heterocycles. The molecule has 0 radical (unpaired) electrons. The lowest BCUT2D eigenvalue weighted by Gasteiger charge is -2.11. The van der Waals surface area contributed by atoms with Crippen molar-refractivity contribution in [2.45, 2.75) is 12.8 Å². The van der Waals surface area contributed by atoms with Crippen LogP contribution in [-0.4, -0.2) is 19.0 Å². The molecule has 0 aliphatic heterocycles. The number of carbonyl (C=O) groups excluding carboxylic acids is 2. The number of benzene rings is 2. The Bertz CT molecular complexity index is 835. The average molecular weight is 363 g/mol. The Morgan fingerprint density at radius 2 is 1.65 bits per heavy atom. The highest BCUT2D eigenvalue weighted by Crippen LogP contribution is 2.16. The van der Waals surface area contributed by atoms with Gasteiger partial charge in [0.05, 0.1) is 13.5 Å². The van der Waals surface area contributed by atoms with E-state index in [0.29, 0.717) is 12.1 Å². The second-order valence-corrected chi connectivity index (χ2v) is 5.44. The summed E-state index contributed by atoms with van der Waals surface area (Å²) in [5.74, 6) is -4.76. The highest BCUT2D eigenvalue weighted by Gasteiger charge is 2.14. The van der Waals surface area contributed by atoms with Crippen molar-refractivity contribution in [3.8, 4) is 0 Å². The summed E-state index contributed by atoms with van der Waals surface area (Å²) in [5, 5.41) is 2.48. The van der Waals surface area contributed by atoms with E-state index >= 15 is 0 Å². The molecule has 0 aromatic heterocycles. The van der Waals surface area contributed by atoms with Gasteiger partial charge in [-0.25, -0.2) is 18.0 Å². The van der Waals surface area contributed by atoms with Gasteiger partial charge in [-0.3, -0.25) is 4.79 Å². The highest BCUT2D eigenvalue weighted by atomic mass is 19.2. The minimum Gasteiger partial charge on any atom is -0.466 e.